The number of carbonyl (C=O) groups is 1. The van der Waals surface area contributed by atoms with E-state index in [9.17, 15) is 9.18 Å². The van der Waals surface area contributed by atoms with Gasteiger partial charge in [0.25, 0.3) is 0 Å². The molecule has 2 heterocycles. The van der Waals surface area contributed by atoms with Gasteiger partial charge in [-0.05, 0) is 43.0 Å². The molecule has 0 N–H and O–H groups in total. The highest BCUT2D eigenvalue weighted by Gasteiger charge is 2.45. The SMILES string of the molecule is CCc1nccn1CC(=O)N1C[C@@H]2CC[C@H](Oc3ccc(F)cc3)[C@@H]2C1. The lowest BCUT2D eigenvalue weighted by Crippen LogP contribution is -2.34. The van der Waals surface area contributed by atoms with E-state index in [0.29, 0.717) is 24.1 Å². The van der Waals surface area contributed by atoms with Crippen LogP contribution in [0, 0.1) is 17.7 Å². The topological polar surface area (TPSA) is 47.4 Å². The van der Waals surface area contributed by atoms with Gasteiger partial charge in [0.05, 0.1) is 0 Å². The van der Waals surface area contributed by atoms with E-state index in [0.717, 1.165) is 38.2 Å². The third-order valence-electron chi connectivity index (χ3n) is 5.67. The van der Waals surface area contributed by atoms with E-state index in [2.05, 4.69) is 4.98 Å². The maximum absolute atomic E-state index is 13.1. The predicted molar refractivity (Wildman–Crippen MR) is 95.2 cm³/mol. The fraction of sp³-hybridized carbons (Fsp3) is 0.500. The summed E-state index contributed by atoms with van der Waals surface area (Å²) in [6.45, 7) is 3.95. The second kappa shape index (κ2) is 7.09. The molecule has 26 heavy (non-hydrogen) atoms. The van der Waals surface area contributed by atoms with Crippen molar-refractivity contribution in [1.82, 2.24) is 14.5 Å². The molecular weight excluding hydrogens is 333 g/mol. The van der Waals surface area contributed by atoms with Gasteiger partial charge in [-0.2, -0.15) is 0 Å². The summed E-state index contributed by atoms with van der Waals surface area (Å²) in [5, 5.41) is 0. The number of ether oxygens (including phenoxy) is 1. The number of fused-ring (bicyclic) bond motifs is 1. The van der Waals surface area contributed by atoms with Gasteiger partial charge in [-0.3, -0.25) is 4.79 Å². The Bertz CT molecular complexity index is 774. The third kappa shape index (κ3) is 3.32. The Morgan fingerprint density at radius 1 is 1.27 bits per heavy atom. The van der Waals surface area contributed by atoms with Gasteiger partial charge < -0.3 is 14.2 Å². The Kier molecular flexibility index (Phi) is 4.66. The van der Waals surface area contributed by atoms with Crippen molar-refractivity contribution in [2.75, 3.05) is 13.1 Å². The van der Waals surface area contributed by atoms with E-state index in [1.165, 1.54) is 12.1 Å². The third-order valence-corrected chi connectivity index (χ3v) is 5.67. The zero-order valence-electron chi connectivity index (χ0n) is 15.0. The van der Waals surface area contributed by atoms with Gasteiger partial charge in [0, 0.05) is 37.8 Å². The van der Waals surface area contributed by atoms with E-state index in [-0.39, 0.29) is 17.8 Å². The molecule has 1 aliphatic carbocycles. The van der Waals surface area contributed by atoms with Crippen LogP contribution in [-0.4, -0.2) is 39.6 Å². The Balaban J connectivity index is 1.38. The number of hydrogen-bond acceptors (Lipinski definition) is 3. The molecular formula is C20H24FN3O2. The first-order chi connectivity index (χ1) is 12.6. The first kappa shape index (κ1) is 17.1. The van der Waals surface area contributed by atoms with Crippen molar-refractivity contribution >= 4 is 5.91 Å². The molecule has 1 saturated heterocycles. The van der Waals surface area contributed by atoms with Crippen molar-refractivity contribution in [1.29, 1.82) is 0 Å². The summed E-state index contributed by atoms with van der Waals surface area (Å²) >= 11 is 0. The van der Waals surface area contributed by atoms with Gasteiger partial charge in [-0.25, -0.2) is 9.37 Å². The molecule has 1 aliphatic heterocycles. The quantitative estimate of drug-likeness (QED) is 0.827. The zero-order valence-corrected chi connectivity index (χ0v) is 15.0. The summed E-state index contributed by atoms with van der Waals surface area (Å²) in [6.07, 6.45) is 6.61. The number of aromatic nitrogens is 2. The average molecular weight is 357 g/mol. The number of aryl methyl sites for hydroxylation is 1. The fourth-order valence-electron chi connectivity index (χ4n) is 4.30. The van der Waals surface area contributed by atoms with Crippen LogP contribution < -0.4 is 4.74 Å². The largest absolute Gasteiger partial charge is 0.490 e. The molecule has 0 bridgehead atoms. The van der Waals surface area contributed by atoms with Crippen LogP contribution >= 0.6 is 0 Å². The highest BCUT2D eigenvalue weighted by molar-refractivity contribution is 5.76. The molecule has 3 atom stereocenters. The molecule has 1 amide bonds. The van der Waals surface area contributed by atoms with Crippen molar-refractivity contribution in [3.05, 3.63) is 48.3 Å². The summed E-state index contributed by atoms with van der Waals surface area (Å²) in [4.78, 5) is 19.0. The number of likely N-dealkylation sites (tertiary alicyclic amines) is 1. The maximum atomic E-state index is 13.1. The molecule has 138 valence electrons. The molecule has 2 aromatic rings. The van der Waals surface area contributed by atoms with Crippen molar-refractivity contribution in [2.45, 2.75) is 38.8 Å². The molecule has 4 rings (SSSR count). The number of carbonyl (C=O) groups excluding carboxylic acids is 1. The smallest absolute Gasteiger partial charge is 0.242 e. The minimum absolute atomic E-state index is 0.0997. The second-order valence-corrected chi connectivity index (χ2v) is 7.24. The minimum atomic E-state index is -0.259. The Labute approximate surface area is 152 Å². The predicted octanol–water partition coefficient (Wildman–Crippen LogP) is 2.90. The summed E-state index contributed by atoms with van der Waals surface area (Å²) < 4.78 is 21.1. The molecule has 5 nitrogen and oxygen atoms in total. The highest BCUT2D eigenvalue weighted by Crippen LogP contribution is 2.40. The Hall–Kier alpha value is -2.37. The fourth-order valence-corrected chi connectivity index (χ4v) is 4.30. The first-order valence-corrected chi connectivity index (χ1v) is 9.34. The van der Waals surface area contributed by atoms with Gasteiger partial charge in [-0.1, -0.05) is 6.92 Å². The summed E-state index contributed by atoms with van der Waals surface area (Å²) in [5.74, 6) is 2.39. The van der Waals surface area contributed by atoms with Gasteiger partial charge in [-0.15, -0.1) is 0 Å². The monoisotopic (exact) mass is 357 g/mol. The number of hydrogen-bond donors (Lipinski definition) is 0. The number of halogens is 1. The van der Waals surface area contributed by atoms with Crippen LogP contribution in [0.2, 0.25) is 0 Å². The van der Waals surface area contributed by atoms with Gasteiger partial charge >= 0.3 is 0 Å². The van der Waals surface area contributed by atoms with Crippen LogP contribution in [0.5, 0.6) is 5.75 Å². The molecule has 1 saturated carbocycles. The van der Waals surface area contributed by atoms with Crippen LogP contribution in [0.3, 0.4) is 0 Å². The summed E-state index contributed by atoms with van der Waals surface area (Å²) in [7, 11) is 0. The van der Waals surface area contributed by atoms with E-state index < -0.39 is 0 Å². The average Bonchev–Trinajstić information content (AvgIpc) is 3.33. The van der Waals surface area contributed by atoms with Crippen molar-refractivity contribution in [3.63, 3.8) is 0 Å². The lowest BCUT2D eigenvalue weighted by atomic mass is 9.99. The molecule has 1 aromatic heterocycles. The standard InChI is InChI=1S/C20H24FN3O2/c1-2-19-22-9-10-23(19)13-20(25)24-11-14-3-8-18(17(14)12-24)26-16-6-4-15(21)5-7-16/h4-7,9-10,14,17-18H,2-3,8,11-13H2,1H3/t14-,17+,18-/m0/s1. The van der Waals surface area contributed by atoms with Crippen molar-refractivity contribution in [2.24, 2.45) is 11.8 Å². The van der Waals surface area contributed by atoms with Crippen LogP contribution in [0.25, 0.3) is 0 Å². The number of imidazole rings is 1. The van der Waals surface area contributed by atoms with Crippen LogP contribution in [0.1, 0.15) is 25.6 Å². The zero-order chi connectivity index (χ0) is 18.1. The molecule has 2 aliphatic rings. The van der Waals surface area contributed by atoms with E-state index in [1.807, 2.05) is 22.6 Å². The lowest BCUT2D eigenvalue weighted by molar-refractivity contribution is -0.131. The molecule has 0 spiro atoms. The number of amides is 1. The molecule has 2 fully saturated rings. The second-order valence-electron chi connectivity index (χ2n) is 7.24. The van der Waals surface area contributed by atoms with Gasteiger partial charge in [0.1, 0.15) is 30.0 Å². The molecule has 6 heteroatoms. The summed E-state index contributed by atoms with van der Waals surface area (Å²) in [5.41, 5.74) is 0. The van der Waals surface area contributed by atoms with Crippen molar-refractivity contribution in [3.8, 4) is 5.75 Å². The highest BCUT2D eigenvalue weighted by atomic mass is 19.1. The van der Waals surface area contributed by atoms with Crippen LogP contribution in [-0.2, 0) is 17.8 Å². The Morgan fingerprint density at radius 2 is 2.08 bits per heavy atom. The van der Waals surface area contributed by atoms with Crippen molar-refractivity contribution < 1.29 is 13.9 Å². The van der Waals surface area contributed by atoms with Crippen LogP contribution in [0.15, 0.2) is 36.7 Å². The normalized spacial score (nSPS) is 24.7. The number of rotatable bonds is 5. The molecule has 0 radical (unpaired) electrons. The van der Waals surface area contributed by atoms with E-state index >= 15 is 0 Å². The first-order valence-electron chi connectivity index (χ1n) is 9.34. The maximum Gasteiger partial charge on any atom is 0.242 e. The lowest BCUT2D eigenvalue weighted by Gasteiger charge is -2.22. The number of nitrogens with zero attached hydrogens (tertiary/aromatic N) is 3. The van der Waals surface area contributed by atoms with Crippen LogP contribution in [0.4, 0.5) is 4.39 Å². The van der Waals surface area contributed by atoms with E-state index in [4.69, 9.17) is 4.74 Å². The Morgan fingerprint density at radius 3 is 2.85 bits per heavy atom. The number of benzene rings is 1. The van der Waals surface area contributed by atoms with E-state index in [1.54, 1.807) is 18.3 Å². The molecule has 1 aromatic carbocycles. The minimum Gasteiger partial charge on any atom is -0.490 e. The molecule has 0 unspecified atom stereocenters. The summed E-state index contributed by atoms with van der Waals surface area (Å²) in [6, 6.07) is 6.18. The van der Waals surface area contributed by atoms with Gasteiger partial charge in [0.15, 0.2) is 0 Å². The van der Waals surface area contributed by atoms with Gasteiger partial charge in [0.2, 0.25) is 5.91 Å².